The molecule has 0 aliphatic heterocycles. The average molecular weight is 295 g/mol. The molecule has 0 fully saturated rings. The molecule has 0 spiro atoms. The maximum absolute atomic E-state index is 12.9. The molecule has 2 aromatic rings. The van der Waals surface area contributed by atoms with E-state index >= 15 is 0 Å². The van der Waals surface area contributed by atoms with Crippen molar-refractivity contribution in [3.63, 3.8) is 0 Å². The Morgan fingerprint density at radius 2 is 1.81 bits per heavy atom. The molecule has 0 amide bonds. The van der Waals surface area contributed by atoms with Crippen LogP contribution in [0.15, 0.2) is 36.4 Å². The first-order valence-corrected chi connectivity index (χ1v) is 6.41. The van der Waals surface area contributed by atoms with Crippen LogP contribution in [0.1, 0.15) is 16.7 Å². The largest absolute Gasteiger partial charge is 0.497 e. The van der Waals surface area contributed by atoms with Crippen molar-refractivity contribution >= 4 is 0 Å². The maximum atomic E-state index is 12.9. The summed E-state index contributed by atoms with van der Waals surface area (Å²) in [4.78, 5) is 0. The monoisotopic (exact) mass is 295 g/mol. The first kappa shape index (κ1) is 15.4. The van der Waals surface area contributed by atoms with Crippen LogP contribution in [0.2, 0.25) is 0 Å². The highest BCUT2D eigenvalue weighted by molar-refractivity contribution is 5.70. The fourth-order valence-electron chi connectivity index (χ4n) is 2.22. The van der Waals surface area contributed by atoms with Crippen LogP contribution in [0, 0.1) is 6.92 Å². The number of hydrogen-bond donors (Lipinski definition) is 1. The smallest absolute Gasteiger partial charge is 0.416 e. The van der Waals surface area contributed by atoms with Gasteiger partial charge in [0.1, 0.15) is 5.75 Å². The molecule has 0 heterocycles. The third-order valence-corrected chi connectivity index (χ3v) is 3.25. The molecule has 2 N–H and O–H groups in total. The van der Waals surface area contributed by atoms with Crippen molar-refractivity contribution in [1.82, 2.24) is 0 Å². The van der Waals surface area contributed by atoms with Gasteiger partial charge in [-0.05, 0) is 53.4 Å². The molecule has 2 rings (SSSR count). The number of ether oxygens (including phenoxy) is 1. The number of nitrogens with two attached hydrogens (primary N) is 1. The molecular weight excluding hydrogens is 279 g/mol. The van der Waals surface area contributed by atoms with Crippen LogP contribution in [0.3, 0.4) is 0 Å². The molecule has 0 aliphatic carbocycles. The summed E-state index contributed by atoms with van der Waals surface area (Å²) in [6.07, 6.45) is -4.38. The highest BCUT2D eigenvalue weighted by Gasteiger charge is 2.31. The van der Waals surface area contributed by atoms with E-state index in [1.165, 1.54) is 13.2 Å². The van der Waals surface area contributed by atoms with Gasteiger partial charge < -0.3 is 10.5 Å². The highest BCUT2D eigenvalue weighted by atomic mass is 19.4. The lowest BCUT2D eigenvalue weighted by Crippen LogP contribution is -2.07. The summed E-state index contributed by atoms with van der Waals surface area (Å²) >= 11 is 0. The second-order valence-electron chi connectivity index (χ2n) is 4.81. The van der Waals surface area contributed by atoms with E-state index in [2.05, 4.69) is 0 Å². The van der Waals surface area contributed by atoms with Gasteiger partial charge in [-0.2, -0.15) is 13.2 Å². The number of methoxy groups -OCH3 is 1. The predicted molar refractivity (Wildman–Crippen MR) is 76.1 cm³/mol. The molecule has 0 atom stereocenters. The topological polar surface area (TPSA) is 35.2 Å². The van der Waals surface area contributed by atoms with Gasteiger partial charge in [0.05, 0.1) is 12.7 Å². The fourth-order valence-corrected chi connectivity index (χ4v) is 2.22. The quantitative estimate of drug-likeness (QED) is 0.923. The Morgan fingerprint density at radius 1 is 1.10 bits per heavy atom. The summed E-state index contributed by atoms with van der Waals surface area (Å²) in [5.41, 5.74) is 7.67. The van der Waals surface area contributed by atoms with Crippen molar-refractivity contribution in [3.8, 4) is 16.9 Å². The lowest BCUT2D eigenvalue weighted by atomic mass is 9.95. The van der Waals surface area contributed by atoms with Crippen LogP contribution in [0.5, 0.6) is 5.75 Å². The Balaban J connectivity index is 2.63. The molecule has 0 unspecified atom stereocenters. The molecule has 2 nitrogen and oxygen atoms in total. The minimum atomic E-state index is -4.38. The molecular formula is C16H16F3NO. The van der Waals surface area contributed by atoms with Gasteiger partial charge in [-0.15, -0.1) is 0 Å². The minimum Gasteiger partial charge on any atom is -0.497 e. The van der Waals surface area contributed by atoms with E-state index in [4.69, 9.17) is 10.5 Å². The molecule has 0 saturated heterocycles. The molecule has 2 aromatic carbocycles. The lowest BCUT2D eigenvalue weighted by molar-refractivity contribution is -0.137. The Labute approximate surface area is 121 Å². The Bertz CT molecular complexity index is 650. The zero-order valence-corrected chi connectivity index (χ0v) is 11.8. The average Bonchev–Trinajstić information content (AvgIpc) is 2.44. The molecule has 21 heavy (non-hydrogen) atoms. The standard InChI is InChI=1S/C16H16F3NO/c1-10-5-12(7-14(6-10)21-2)15-8-13(16(17,18)19)4-3-11(15)9-20/h3-8H,9,20H2,1-2H3. The SMILES string of the molecule is COc1cc(C)cc(-c2cc(C(F)(F)F)ccc2CN)c1. The van der Waals surface area contributed by atoms with Crippen molar-refractivity contribution in [2.45, 2.75) is 19.6 Å². The highest BCUT2D eigenvalue weighted by Crippen LogP contribution is 2.35. The van der Waals surface area contributed by atoms with Crippen molar-refractivity contribution < 1.29 is 17.9 Å². The van der Waals surface area contributed by atoms with Gasteiger partial charge in [0.25, 0.3) is 0 Å². The van der Waals surface area contributed by atoms with Crippen molar-refractivity contribution in [2.24, 2.45) is 5.73 Å². The van der Waals surface area contributed by atoms with E-state index in [0.717, 1.165) is 17.7 Å². The van der Waals surface area contributed by atoms with E-state index in [0.29, 0.717) is 22.4 Å². The summed E-state index contributed by atoms with van der Waals surface area (Å²) in [7, 11) is 1.52. The molecule has 0 radical (unpaired) electrons. The van der Waals surface area contributed by atoms with Crippen molar-refractivity contribution in [1.29, 1.82) is 0 Å². The van der Waals surface area contributed by atoms with Crippen molar-refractivity contribution in [3.05, 3.63) is 53.1 Å². The van der Waals surface area contributed by atoms with E-state index in [1.54, 1.807) is 6.07 Å². The minimum absolute atomic E-state index is 0.170. The number of aryl methyl sites for hydroxylation is 1. The number of halogens is 3. The summed E-state index contributed by atoms with van der Waals surface area (Å²) < 4.78 is 43.8. The van der Waals surface area contributed by atoms with Crippen LogP contribution >= 0.6 is 0 Å². The lowest BCUT2D eigenvalue weighted by Gasteiger charge is -2.14. The summed E-state index contributed by atoms with van der Waals surface area (Å²) in [6.45, 7) is 2.03. The maximum Gasteiger partial charge on any atom is 0.416 e. The first-order valence-electron chi connectivity index (χ1n) is 6.41. The summed E-state index contributed by atoms with van der Waals surface area (Å²) in [5, 5.41) is 0. The van der Waals surface area contributed by atoms with Gasteiger partial charge in [0.15, 0.2) is 0 Å². The second kappa shape index (κ2) is 5.77. The molecule has 0 aromatic heterocycles. The third-order valence-electron chi connectivity index (χ3n) is 3.25. The predicted octanol–water partition coefficient (Wildman–Crippen LogP) is 4.15. The zero-order chi connectivity index (χ0) is 15.6. The van der Waals surface area contributed by atoms with E-state index in [1.807, 2.05) is 19.1 Å². The summed E-state index contributed by atoms with van der Waals surface area (Å²) in [6, 6.07) is 8.96. The third kappa shape index (κ3) is 3.36. The number of rotatable bonds is 3. The number of benzene rings is 2. The van der Waals surface area contributed by atoms with Gasteiger partial charge in [-0.3, -0.25) is 0 Å². The van der Waals surface area contributed by atoms with Crippen LogP contribution < -0.4 is 10.5 Å². The fraction of sp³-hybridized carbons (Fsp3) is 0.250. The first-order chi connectivity index (χ1) is 9.85. The van der Waals surface area contributed by atoms with Crippen LogP contribution in [-0.4, -0.2) is 7.11 Å². The van der Waals surface area contributed by atoms with Crippen molar-refractivity contribution in [2.75, 3.05) is 7.11 Å². The van der Waals surface area contributed by atoms with E-state index in [9.17, 15) is 13.2 Å². The molecule has 5 heteroatoms. The van der Waals surface area contributed by atoms with Gasteiger partial charge in [0.2, 0.25) is 0 Å². The van der Waals surface area contributed by atoms with Gasteiger partial charge >= 0.3 is 6.18 Å². The summed E-state index contributed by atoms with van der Waals surface area (Å²) in [5.74, 6) is 0.602. The molecule has 0 saturated carbocycles. The van der Waals surface area contributed by atoms with Gasteiger partial charge in [-0.1, -0.05) is 12.1 Å². The zero-order valence-electron chi connectivity index (χ0n) is 11.8. The van der Waals surface area contributed by atoms with Crippen LogP contribution in [0.25, 0.3) is 11.1 Å². The Kier molecular flexibility index (Phi) is 4.23. The van der Waals surface area contributed by atoms with Crippen LogP contribution in [-0.2, 0) is 12.7 Å². The Morgan fingerprint density at radius 3 is 2.38 bits per heavy atom. The van der Waals surface area contributed by atoms with E-state index in [-0.39, 0.29) is 6.54 Å². The second-order valence-corrected chi connectivity index (χ2v) is 4.81. The van der Waals surface area contributed by atoms with Gasteiger partial charge in [-0.25, -0.2) is 0 Å². The normalized spacial score (nSPS) is 11.5. The van der Waals surface area contributed by atoms with Crippen LogP contribution in [0.4, 0.5) is 13.2 Å². The number of alkyl halides is 3. The number of hydrogen-bond acceptors (Lipinski definition) is 2. The van der Waals surface area contributed by atoms with E-state index < -0.39 is 11.7 Å². The molecule has 112 valence electrons. The Hall–Kier alpha value is -2.01. The molecule has 0 bridgehead atoms. The van der Waals surface area contributed by atoms with Gasteiger partial charge in [0, 0.05) is 6.54 Å². The molecule has 0 aliphatic rings.